The molecule has 49 valence electrons. The predicted molar refractivity (Wildman–Crippen MR) is 35.1 cm³/mol. The summed E-state index contributed by atoms with van der Waals surface area (Å²) in [5.74, 6) is 0.942. The number of rotatable bonds is 3. The lowest BCUT2D eigenvalue weighted by molar-refractivity contribution is 0.484. The minimum Gasteiger partial charge on any atom is -0.468 e. The van der Waals surface area contributed by atoms with Crippen molar-refractivity contribution in [2.24, 2.45) is 0 Å². The summed E-state index contributed by atoms with van der Waals surface area (Å²) < 4.78 is 5.04. The van der Waals surface area contributed by atoms with Gasteiger partial charge in [-0.15, -0.1) is 0 Å². The number of furan rings is 1. The Kier molecular flexibility index (Phi) is 2.33. The smallest absolute Gasteiger partial charge is 0.119 e. The molecule has 1 heterocycles. The standard InChI is InChI=1S/C7H10NO/c1-2-8-6-7-4-3-5-9-7/h3-5H,2,6H2,1H3. The van der Waals surface area contributed by atoms with Crippen LogP contribution in [0.5, 0.6) is 0 Å². The maximum absolute atomic E-state index is 5.04. The fourth-order valence-electron chi connectivity index (χ4n) is 0.625. The van der Waals surface area contributed by atoms with Crippen LogP contribution in [0.2, 0.25) is 0 Å². The van der Waals surface area contributed by atoms with Gasteiger partial charge in [0, 0.05) is 6.54 Å². The topological polar surface area (TPSA) is 27.2 Å². The summed E-state index contributed by atoms with van der Waals surface area (Å²) in [7, 11) is 0. The van der Waals surface area contributed by atoms with Gasteiger partial charge >= 0.3 is 0 Å². The second kappa shape index (κ2) is 3.30. The molecule has 0 saturated carbocycles. The Morgan fingerprint density at radius 1 is 1.67 bits per heavy atom. The maximum atomic E-state index is 5.04. The van der Waals surface area contributed by atoms with Crippen molar-refractivity contribution >= 4 is 0 Å². The average molecular weight is 124 g/mol. The van der Waals surface area contributed by atoms with E-state index in [0.717, 1.165) is 12.3 Å². The molecular weight excluding hydrogens is 114 g/mol. The van der Waals surface area contributed by atoms with Crippen molar-refractivity contribution in [2.45, 2.75) is 13.5 Å². The highest BCUT2D eigenvalue weighted by molar-refractivity contribution is 4.97. The molecule has 0 atom stereocenters. The van der Waals surface area contributed by atoms with E-state index in [2.05, 4.69) is 5.32 Å². The first kappa shape index (κ1) is 6.36. The molecule has 2 heteroatoms. The van der Waals surface area contributed by atoms with Crippen LogP contribution in [-0.2, 0) is 6.54 Å². The Morgan fingerprint density at radius 3 is 3.11 bits per heavy atom. The van der Waals surface area contributed by atoms with Crippen molar-refractivity contribution in [3.63, 3.8) is 0 Å². The summed E-state index contributed by atoms with van der Waals surface area (Å²) in [5, 5.41) is 4.12. The van der Waals surface area contributed by atoms with Gasteiger partial charge in [-0.1, -0.05) is 6.92 Å². The molecule has 1 aromatic rings. The monoisotopic (exact) mass is 124 g/mol. The van der Waals surface area contributed by atoms with E-state index in [9.17, 15) is 0 Å². The number of nitrogens with zero attached hydrogens (tertiary/aromatic N) is 1. The second-order valence-electron chi connectivity index (χ2n) is 1.78. The van der Waals surface area contributed by atoms with Crippen LogP contribution >= 0.6 is 0 Å². The quantitative estimate of drug-likeness (QED) is 0.598. The van der Waals surface area contributed by atoms with Gasteiger partial charge in [-0.05, 0) is 12.1 Å². The Labute approximate surface area is 54.9 Å². The molecule has 0 aromatic carbocycles. The summed E-state index contributed by atoms with van der Waals surface area (Å²) in [5.41, 5.74) is 0. The van der Waals surface area contributed by atoms with E-state index in [0.29, 0.717) is 6.54 Å². The van der Waals surface area contributed by atoms with Gasteiger partial charge in [-0.2, -0.15) is 0 Å². The summed E-state index contributed by atoms with van der Waals surface area (Å²) in [6.45, 7) is 3.59. The summed E-state index contributed by atoms with van der Waals surface area (Å²) in [6.07, 6.45) is 1.67. The normalized spacial score (nSPS) is 9.89. The van der Waals surface area contributed by atoms with Crippen molar-refractivity contribution in [2.75, 3.05) is 6.54 Å². The molecule has 0 bridgehead atoms. The van der Waals surface area contributed by atoms with Gasteiger partial charge < -0.3 is 4.42 Å². The van der Waals surface area contributed by atoms with Crippen LogP contribution in [0.4, 0.5) is 0 Å². The van der Waals surface area contributed by atoms with Crippen LogP contribution in [0.25, 0.3) is 0 Å². The van der Waals surface area contributed by atoms with Gasteiger partial charge in [0.15, 0.2) is 0 Å². The van der Waals surface area contributed by atoms with Crippen LogP contribution in [0.15, 0.2) is 22.8 Å². The molecule has 1 radical (unpaired) electrons. The maximum Gasteiger partial charge on any atom is 0.119 e. The Balaban J connectivity index is 2.30. The van der Waals surface area contributed by atoms with E-state index in [1.807, 2.05) is 19.1 Å². The van der Waals surface area contributed by atoms with E-state index < -0.39 is 0 Å². The fraction of sp³-hybridized carbons (Fsp3) is 0.429. The molecule has 0 N–H and O–H groups in total. The molecular formula is C7H10NO. The van der Waals surface area contributed by atoms with Crippen LogP contribution in [0.1, 0.15) is 12.7 Å². The summed E-state index contributed by atoms with van der Waals surface area (Å²) in [6, 6.07) is 3.81. The molecule has 0 fully saturated rings. The number of hydrogen-bond acceptors (Lipinski definition) is 1. The number of hydrogen-bond donors (Lipinski definition) is 0. The first-order valence-electron chi connectivity index (χ1n) is 3.09. The molecule has 2 nitrogen and oxygen atoms in total. The Bertz CT molecular complexity index is 146. The zero-order chi connectivity index (χ0) is 6.53. The highest BCUT2D eigenvalue weighted by Crippen LogP contribution is 1.98. The van der Waals surface area contributed by atoms with E-state index in [1.54, 1.807) is 6.26 Å². The molecule has 0 aliphatic carbocycles. The van der Waals surface area contributed by atoms with Crippen LogP contribution in [-0.4, -0.2) is 6.54 Å². The van der Waals surface area contributed by atoms with Crippen molar-refractivity contribution < 1.29 is 4.42 Å². The van der Waals surface area contributed by atoms with E-state index in [-0.39, 0.29) is 0 Å². The van der Waals surface area contributed by atoms with Crippen LogP contribution < -0.4 is 5.32 Å². The first-order valence-corrected chi connectivity index (χ1v) is 3.09. The molecule has 0 aliphatic heterocycles. The highest BCUT2D eigenvalue weighted by Gasteiger charge is 1.91. The van der Waals surface area contributed by atoms with E-state index >= 15 is 0 Å². The molecule has 0 aliphatic rings. The Morgan fingerprint density at radius 2 is 2.56 bits per heavy atom. The summed E-state index contributed by atoms with van der Waals surface area (Å²) >= 11 is 0. The van der Waals surface area contributed by atoms with Crippen molar-refractivity contribution in [3.05, 3.63) is 24.2 Å². The van der Waals surface area contributed by atoms with Crippen LogP contribution in [0.3, 0.4) is 0 Å². The first-order chi connectivity index (χ1) is 4.43. The Hall–Kier alpha value is -0.760. The lowest BCUT2D eigenvalue weighted by Gasteiger charge is -1.91. The van der Waals surface area contributed by atoms with Gasteiger partial charge in [0.2, 0.25) is 0 Å². The average Bonchev–Trinajstić information content (AvgIpc) is 2.34. The molecule has 1 rings (SSSR count). The minimum atomic E-state index is 0.712. The lowest BCUT2D eigenvalue weighted by atomic mass is 10.4. The third kappa shape index (κ3) is 1.90. The molecule has 9 heavy (non-hydrogen) atoms. The molecule has 0 amide bonds. The lowest BCUT2D eigenvalue weighted by Crippen LogP contribution is -2.01. The van der Waals surface area contributed by atoms with E-state index in [4.69, 9.17) is 4.42 Å². The van der Waals surface area contributed by atoms with Gasteiger partial charge in [-0.3, -0.25) is 0 Å². The third-order valence-corrected chi connectivity index (χ3v) is 1.07. The summed E-state index contributed by atoms with van der Waals surface area (Å²) in [4.78, 5) is 0. The fourth-order valence-corrected chi connectivity index (χ4v) is 0.625. The molecule has 0 saturated heterocycles. The zero-order valence-corrected chi connectivity index (χ0v) is 5.50. The van der Waals surface area contributed by atoms with Gasteiger partial charge in [0.1, 0.15) is 5.76 Å². The minimum absolute atomic E-state index is 0.712. The highest BCUT2D eigenvalue weighted by atomic mass is 16.3. The van der Waals surface area contributed by atoms with Gasteiger partial charge in [0.25, 0.3) is 0 Å². The SMILES string of the molecule is CC[N]Cc1ccco1. The van der Waals surface area contributed by atoms with E-state index in [1.165, 1.54) is 0 Å². The van der Waals surface area contributed by atoms with Crippen molar-refractivity contribution in [1.82, 2.24) is 5.32 Å². The predicted octanol–water partition coefficient (Wildman–Crippen LogP) is 1.40. The second-order valence-corrected chi connectivity index (χ2v) is 1.78. The van der Waals surface area contributed by atoms with Gasteiger partial charge in [0.05, 0.1) is 12.8 Å². The zero-order valence-electron chi connectivity index (χ0n) is 5.50. The molecule has 0 unspecified atom stereocenters. The van der Waals surface area contributed by atoms with Crippen molar-refractivity contribution in [3.8, 4) is 0 Å². The third-order valence-electron chi connectivity index (χ3n) is 1.07. The largest absolute Gasteiger partial charge is 0.468 e. The van der Waals surface area contributed by atoms with Gasteiger partial charge in [-0.25, -0.2) is 5.32 Å². The van der Waals surface area contributed by atoms with Crippen LogP contribution in [0, 0.1) is 0 Å². The molecule has 0 spiro atoms. The molecule has 1 aromatic heterocycles. The van der Waals surface area contributed by atoms with Crippen molar-refractivity contribution in [1.29, 1.82) is 0 Å².